The molecular formula is C24H30N4O2S. The molecular weight excluding hydrogens is 408 g/mol. The molecule has 0 atom stereocenters. The normalized spacial score (nSPS) is 32.5. The third kappa shape index (κ3) is 3.37. The van der Waals surface area contributed by atoms with Gasteiger partial charge >= 0.3 is 0 Å². The highest BCUT2D eigenvalue weighted by molar-refractivity contribution is 7.13. The first kappa shape index (κ1) is 19.7. The van der Waals surface area contributed by atoms with Gasteiger partial charge in [-0.15, -0.1) is 11.3 Å². The first-order chi connectivity index (χ1) is 15.0. The Morgan fingerprint density at radius 1 is 1.06 bits per heavy atom. The van der Waals surface area contributed by atoms with Gasteiger partial charge in [0, 0.05) is 48.6 Å². The minimum absolute atomic E-state index is 0.202. The number of nitro groups is 1. The van der Waals surface area contributed by atoms with Crippen molar-refractivity contribution in [1.29, 1.82) is 0 Å². The predicted octanol–water partition coefficient (Wildman–Crippen LogP) is 4.94. The molecule has 4 bridgehead atoms. The van der Waals surface area contributed by atoms with Crippen LogP contribution in [-0.2, 0) is 5.41 Å². The van der Waals surface area contributed by atoms with Gasteiger partial charge in [0.1, 0.15) is 10.7 Å². The van der Waals surface area contributed by atoms with Crippen molar-refractivity contribution in [2.24, 2.45) is 17.8 Å². The van der Waals surface area contributed by atoms with Crippen LogP contribution < -0.4 is 4.90 Å². The summed E-state index contributed by atoms with van der Waals surface area (Å²) in [4.78, 5) is 21.2. The zero-order valence-electron chi connectivity index (χ0n) is 18.1. The summed E-state index contributed by atoms with van der Waals surface area (Å²) < 4.78 is 0. The molecule has 2 aromatic rings. The van der Waals surface area contributed by atoms with E-state index in [1.807, 2.05) is 12.1 Å². The van der Waals surface area contributed by atoms with Gasteiger partial charge in [0.15, 0.2) is 0 Å². The Kier molecular flexibility index (Phi) is 4.62. The Hall–Kier alpha value is -1.99. The third-order valence-electron chi connectivity index (χ3n) is 8.35. The first-order valence-corrected chi connectivity index (χ1v) is 12.6. The molecule has 1 aromatic heterocycles. The molecule has 6 nitrogen and oxygen atoms in total. The molecule has 7 rings (SSSR count). The smallest absolute Gasteiger partial charge is 0.293 e. The van der Waals surface area contributed by atoms with E-state index in [2.05, 4.69) is 22.2 Å². The van der Waals surface area contributed by atoms with Gasteiger partial charge in [-0.3, -0.25) is 10.1 Å². The number of aromatic nitrogens is 1. The molecule has 164 valence electrons. The van der Waals surface area contributed by atoms with Crippen molar-refractivity contribution in [3.63, 3.8) is 0 Å². The van der Waals surface area contributed by atoms with Crippen molar-refractivity contribution in [2.75, 3.05) is 38.1 Å². The Morgan fingerprint density at radius 3 is 2.32 bits per heavy atom. The zero-order valence-corrected chi connectivity index (χ0v) is 18.9. The summed E-state index contributed by atoms with van der Waals surface area (Å²) >= 11 is 1.66. The van der Waals surface area contributed by atoms with E-state index in [4.69, 9.17) is 4.98 Å². The Bertz CT molecular complexity index is 975. The first-order valence-electron chi connectivity index (χ1n) is 11.7. The molecule has 1 aromatic carbocycles. The second-order valence-corrected chi connectivity index (χ2v) is 11.3. The van der Waals surface area contributed by atoms with Crippen LogP contribution in [0.25, 0.3) is 10.6 Å². The fourth-order valence-corrected chi connectivity index (χ4v) is 8.13. The summed E-state index contributed by atoms with van der Waals surface area (Å²) in [5, 5.41) is 15.1. The number of benzene rings is 1. The topological polar surface area (TPSA) is 62.5 Å². The Morgan fingerprint density at radius 2 is 1.71 bits per heavy atom. The lowest BCUT2D eigenvalue weighted by Crippen LogP contribution is -2.48. The minimum Gasteiger partial charge on any atom is -0.363 e. The molecule has 5 aliphatic rings. The van der Waals surface area contributed by atoms with Gasteiger partial charge in [0.25, 0.3) is 5.69 Å². The van der Waals surface area contributed by atoms with Crippen LogP contribution >= 0.6 is 11.3 Å². The maximum Gasteiger partial charge on any atom is 0.293 e. The Balaban J connectivity index is 1.30. The third-order valence-corrected chi connectivity index (χ3v) is 9.24. The number of nitrogens with zero attached hydrogens (tertiary/aromatic N) is 4. The van der Waals surface area contributed by atoms with Gasteiger partial charge in [-0.1, -0.05) is 0 Å². The molecule has 5 fully saturated rings. The number of thiazole rings is 1. The maximum absolute atomic E-state index is 11.9. The van der Waals surface area contributed by atoms with Crippen molar-refractivity contribution in [3.05, 3.63) is 39.4 Å². The van der Waals surface area contributed by atoms with E-state index in [1.165, 1.54) is 44.2 Å². The molecule has 0 N–H and O–H groups in total. The summed E-state index contributed by atoms with van der Waals surface area (Å²) in [6.07, 6.45) is 8.17. The number of rotatable bonds is 4. The monoisotopic (exact) mass is 438 g/mol. The molecule has 7 heteroatoms. The van der Waals surface area contributed by atoms with Crippen LogP contribution in [0.2, 0.25) is 0 Å². The summed E-state index contributed by atoms with van der Waals surface area (Å²) in [7, 11) is 2.10. The van der Waals surface area contributed by atoms with Crippen molar-refractivity contribution in [2.45, 2.75) is 43.9 Å². The minimum atomic E-state index is -0.231. The van der Waals surface area contributed by atoms with E-state index < -0.39 is 0 Å². The zero-order chi connectivity index (χ0) is 21.2. The molecule has 4 saturated carbocycles. The average Bonchev–Trinajstić information content (AvgIpc) is 3.24. The molecule has 31 heavy (non-hydrogen) atoms. The highest BCUT2D eigenvalue weighted by Gasteiger charge is 2.52. The summed E-state index contributed by atoms with van der Waals surface area (Å²) in [6, 6.07) is 5.71. The lowest BCUT2D eigenvalue weighted by atomic mass is 9.49. The van der Waals surface area contributed by atoms with Crippen molar-refractivity contribution >= 4 is 22.7 Å². The van der Waals surface area contributed by atoms with Crippen molar-refractivity contribution in [1.82, 2.24) is 9.88 Å². The van der Waals surface area contributed by atoms with Crippen LogP contribution in [-0.4, -0.2) is 48.0 Å². The average molecular weight is 439 g/mol. The number of hydrogen-bond donors (Lipinski definition) is 0. The number of nitro benzene ring substituents is 1. The largest absolute Gasteiger partial charge is 0.363 e. The predicted molar refractivity (Wildman–Crippen MR) is 124 cm³/mol. The standard InChI is InChI=1S/C24H30N4O2S/c1-26-4-6-27(7-5-26)20-3-2-19(11-21(20)28(29)30)23-25-22(15-31-23)24-12-16-8-17(13-24)10-18(9-16)14-24/h2-3,11,15-18H,4-10,12-14H2,1H3. The molecule has 1 aliphatic heterocycles. The van der Waals surface area contributed by atoms with Gasteiger partial charge < -0.3 is 9.80 Å². The van der Waals surface area contributed by atoms with Crippen LogP contribution in [0.5, 0.6) is 0 Å². The number of likely N-dealkylation sites (N-methyl/N-ethyl adjacent to an activating group) is 1. The molecule has 4 aliphatic carbocycles. The second kappa shape index (κ2) is 7.27. The van der Waals surface area contributed by atoms with Crippen LogP contribution in [0.4, 0.5) is 11.4 Å². The van der Waals surface area contributed by atoms with E-state index in [1.54, 1.807) is 17.4 Å². The summed E-state index contributed by atoms with van der Waals surface area (Å²) in [6.45, 7) is 3.51. The molecule has 1 saturated heterocycles. The van der Waals surface area contributed by atoms with Crippen LogP contribution in [0.1, 0.15) is 44.2 Å². The molecule has 0 radical (unpaired) electrons. The molecule has 0 spiro atoms. The van der Waals surface area contributed by atoms with Crippen LogP contribution in [0.15, 0.2) is 23.6 Å². The van der Waals surface area contributed by atoms with Gasteiger partial charge in [-0.25, -0.2) is 4.98 Å². The van der Waals surface area contributed by atoms with Crippen LogP contribution in [0, 0.1) is 27.9 Å². The second-order valence-electron chi connectivity index (χ2n) is 10.5. The lowest BCUT2D eigenvalue weighted by molar-refractivity contribution is -0.384. The van der Waals surface area contributed by atoms with Gasteiger partial charge in [0.2, 0.25) is 0 Å². The fourth-order valence-electron chi connectivity index (χ4n) is 7.19. The van der Waals surface area contributed by atoms with Gasteiger partial charge in [-0.05, 0) is 75.5 Å². The van der Waals surface area contributed by atoms with E-state index >= 15 is 0 Å². The van der Waals surface area contributed by atoms with Crippen molar-refractivity contribution < 1.29 is 4.92 Å². The maximum atomic E-state index is 11.9. The fraction of sp³-hybridized carbons (Fsp3) is 0.625. The van der Waals surface area contributed by atoms with Crippen molar-refractivity contribution in [3.8, 4) is 10.6 Å². The van der Waals surface area contributed by atoms with E-state index in [9.17, 15) is 10.1 Å². The number of hydrogen-bond acceptors (Lipinski definition) is 6. The van der Waals surface area contributed by atoms with Gasteiger partial charge in [0.05, 0.1) is 10.6 Å². The summed E-state index contributed by atoms with van der Waals surface area (Å²) in [5.74, 6) is 2.67. The van der Waals surface area contributed by atoms with E-state index in [0.29, 0.717) is 0 Å². The number of piperazine rings is 1. The van der Waals surface area contributed by atoms with Crippen LogP contribution in [0.3, 0.4) is 0 Å². The molecule has 2 heterocycles. The summed E-state index contributed by atoms with van der Waals surface area (Å²) in [5.41, 5.74) is 3.35. The highest BCUT2D eigenvalue weighted by Crippen LogP contribution is 2.60. The molecule has 0 unspecified atom stereocenters. The SMILES string of the molecule is CN1CCN(c2ccc(-c3nc(C45CC6CC(CC(C6)C4)C5)cs3)cc2[N+](=O)[O-])CC1. The highest BCUT2D eigenvalue weighted by atomic mass is 32.1. The van der Waals surface area contributed by atoms with E-state index in [-0.39, 0.29) is 16.0 Å². The molecule has 0 amide bonds. The lowest BCUT2D eigenvalue weighted by Gasteiger charge is -2.56. The van der Waals surface area contributed by atoms with Gasteiger partial charge in [-0.2, -0.15) is 0 Å². The Labute approximate surface area is 187 Å². The number of anilines is 1. The quantitative estimate of drug-likeness (QED) is 0.500. The van der Waals surface area contributed by atoms with E-state index in [0.717, 1.165) is 60.2 Å².